The van der Waals surface area contributed by atoms with Crippen molar-refractivity contribution in [3.63, 3.8) is 0 Å². The number of ether oxygens (including phenoxy) is 1. The van der Waals surface area contributed by atoms with Gasteiger partial charge in [0.2, 0.25) is 0 Å². The third-order valence-electron chi connectivity index (χ3n) is 4.18. The zero-order valence-electron chi connectivity index (χ0n) is 11.8. The summed E-state index contributed by atoms with van der Waals surface area (Å²) in [5.41, 5.74) is 0.840. The lowest BCUT2D eigenvalue weighted by Crippen LogP contribution is -2.36. The number of carbonyl (C=O) groups is 1. The molecule has 2 aliphatic heterocycles. The van der Waals surface area contributed by atoms with Gasteiger partial charge in [-0.3, -0.25) is 4.79 Å². The second-order valence-corrected chi connectivity index (χ2v) is 6.47. The molecule has 110 valence electrons. The van der Waals surface area contributed by atoms with Gasteiger partial charge < -0.3 is 14.5 Å². The summed E-state index contributed by atoms with van der Waals surface area (Å²) in [4.78, 5) is 16.9. The maximum absolute atomic E-state index is 12.4. The first-order valence-corrected chi connectivity index (χ1v) is 8.39. The van der Waals surface area contributed by atoms with Crippen molar-refractivity contribution in [2.75, 3.05) is 45.9 Å². The van der Waals surface area contributed by atoms with Gasteiger partial charge in [-0.15, -0.1) is 0 Å². The zero-order valence-corrected chi connectivity index (χ0v) is 12.6. The molecule has 1 aromatic rings. The molecule has 1 amide bonds. The van der Waals surface area contributed by atoms with Crippen LogP contribution in [0.5, 0.6) is 0 Å². The molecule has 0 N–H and O–H groups in total. The lowest BCUT2D eigenvalue weighted by Gasteiger charge is -2.23. The monoisotopic (exact) mass is 294 g/mol. The highest BCUT2D eigenvalue weighted by molar-refractivity contribution is 7.08. The minimum absolute atomic E-state index is 0.192. The van der Waals surface area contributed by atoms with E-state index in [1.54, 1.807) is 11.3 Å². The van der Waals surface area contributed by atoms with Crippen LogP contribution in [0, 0.1) is 5.92 Å². The van der Waals surface area contributed by atoms with Crippen molar-refractivity contribution >= 4 is 17.2 Å². The highest BCUT2D eigenvalue weighted by Crippen LogP contribution is 2.16. The van der Waals surface area contributed by atoms with Crippen LogP contribution in [-0.2, 0) is 4.74 Å². The summed E-state index contributed by atoms with van der Waals surface area (Å²) in [6.45, 7) is 6.78. The Balaban J connectivity index is 1.52. The van der Waals surface area contributed by atoms with Gasteiger partial charge >= 0.3 is 0 Å². The van der Waals surface area contributed by atoms with E-state index in [1.165, 1.54) is 6.42 Å². The summed E-state index contributed by atoms with van der Waals surface area (Å²) in [6.07, 6.45) is 2.26. The van der Waals surface area contributed by atoms with Crippen molar-refractivity contribution in [1.82, 2.24) is 9.80 Å². The van der Waals surface area contributed by atoms with E-state index < -0.39 is 0 Å². The van der Waals surface area contributed by atoms with Crippen molar-refractivity contribution in [1.29, 1.82) is 0 Å². The second kappa shape index (κ2) is 6.70. The normalized spacial score (nSPS) is 24.8. The Bertz CT molecular complexity index is 429. The second-order valence-electron chi connectivity index (χ2n) is 5.69. The topological polar surface area (TPSA) is 32.8 Å². The Labute approximate surface area is 124 Å². The van der Waals surface area contributed by atoms with Crippen LogP contribution in [0.4, 0.5) is 0 Å². The molecule has 0 aliphatic carbocycles. The fourth-order valence-electron chi connectivity index (χ4n) is 3.02. The average Bonchev–Trinajstić information content (AvgIpc) is 3.10. The third-order valence-corrected chi connectivity index (χ3v) is 4.87. The summed E-state index contributed by atoms with van der Waals surface area (Å²) in [5.74, 6) is 0.881. The van der Waals surface area contributed by atoms with Crippen LogP contribution in [0.15, 0.2) is 16.8 Å². The fourth-order valence-corrected chi connectivity index (χ4v) is 3.65. The zero-order chi connectivity index (χ0) is 13.8. The molecule has 0 aromatic carbocycles. The molecule has 20 heavy (non-hydrogen) atoms. The number of thiophene rings is 1. The molecule has 3 heterocycles. The maximum atomic E-state index is 12.4. The first-order valence-electron chi connectivity index (χ1n) is 7.44. The molecule has 0 spiro atoms. The van der Waals surface area contributed by atoms with Crippen molar-refractivity contribution < 1.29 is 9.53 Å². The Morgan fingerprint density at radius 1 is 1.35 bits per heavy atom. The van der Waals surface area contributed by atoms with E-state index in [-0.39, 0.29) is 5.91 Å². The third kappa shape index (κ3) is 3.40. The van der Waals surface area contributed by atoms with Gasteiger partial charge in [0.1, 0.15) is 0 Å². The molecule has 0 bridgehead atoms. The molecule has 3 rings (SSSR count). The van der Waals surface area contributed by atoms with E-state index >= 15 is 0 Å². The average molecular weight is 294 g/mol. The van der Waals surface area contributed by atoms with Crippen LogP contribution in [0.3, 0.4) is 0 Å². The Kier molecular flexibility index (Phi) is 4.70. The predicted molar refractivity (Wildman–Crippen MR) is 80.2 cm³/mol. The molecule has 1 atom stereocenters. The highest BCUT2D eigenvalue weighted by Gasteiger charge is 2.23. The number of hydrogen-bond acceptors (Lipinski definition) is 4. The van der Waals surface area contributed by atoms with Crippen LogP contribution < -0.4 is 0 Å². The standard InChI is InChI=1S/C15H22N2O2S/c18-15(14-3-9-20-12-14)17-5-1-4-16(6-7-17)10-13-2-8-19-11-13/h3,9,12-13H,1-2,4-8,10-11H2/t13-/m1/s1. The van der Waals surface area contributed by atoms with E-state index in [4.69, 9.17) is 4.74 Å². The van der Waals surface area contributed by atoms with Gasteiger partial charge in [-0.2, -0.15) is 11.3 Å². The summed E-state index contributed by atoms with van der Waals surface area (Å²) in [6, 6.07) is 1.92. The van der Waals surface area contributed by atoms with E-state index in [1.807, 2.05) is 21.7 Å². The SMILES string of the molecule is O=C(c1ccsc1)N1CCCN(C[C@H]2CCOC2)CC1. The molecule has 2 fully saturated rings. The summed E-state index contributed by atoms with van der Waals surface area (Å²) in [5, 5.41) is 3.91. The minimum atomic E-state index is 0.192. The van der Waals surface area contributed by atoms with Crippen LogP contribution in [0.2, 0.25) is 0 Å². The van der Waals surface area contributed by atoms with Gasteiger partial charge in [0.05, 0.1) is 12.2 Å². The van der Waals surface area contributed by atoms with Crippen LogP contribution >= 0.6 is 11.3 Å². The number of rotatable bonds is 3. The van der Waals surface area contributed by atoms with Gasteiger partial charge in [0.25, 0.3) is 5.91 Å². The van der Waals surface area contributed by atoms with Crippen molar-refractivity contribution in [2.24, 2.45) is 5.92 Å². The molecular formula is C15H22N2O2S. The molecule has 2 aliphatic rings. The van der Waals surface area contributed by atoms with Crippen LogP contribution in [0.25, 0.3) is 0 Å². The van der Waals surface area contributed by atoms with Crippen molar-refractivity contribution in [3.8, 4) is 0 Å². The summed E-state index contributed by atoms with van der Waals surface area (Å²) in [7, 11) is 0. The molecule has 1 aromatic heterocycles. The molecule has 2 saturated heterocycles. The van der Waals surface area contributed by atoms with E-state index in [9.17, 15) is 4.79 Å². The number of amides is 1. The summed E-state index contributed by atoms with van der Waals surface area (Å²) >= 11 is 1.59. The molecule has 0 saturated carbocycles. The lowest BCUT2D eigenvalue weighted by atomic mass is 10.1. The van der Waals surface area contributed by atoms with Crippen molar-refractivity contribution in [2.45, 2.75) is 12.8 Å². The largest absolute Gasteiger partial charge is 0.381 e. The number of nitrogens with zero attached hydrogens (tertiary/aromatic N) is 2. The van der Waals surface area contributed by atoms with Gasteiger partial charge in [-0.25, -0.2) is 0 Å². The van der Waals surface area contributed by atoms with Crippen LogP contribution in [-0.4, -0.2) is 61.6 Å². The quantitative estimate of drug-likeness (QED) is 0.854. The first kappa shape index (κ1) is 14.0. The van der Waals surface area contributed by atoms with Gasteiger partial charge in [-0.1, -0.05) is 0 Å². The number of carbonyl (C=O) groups excluding carboxylic acids is 1. The van der Waals surface area contributed by atoms with Crippen molar-refractivity contribution in [3.05, 3.63) is 22.4 Å². The van der Waals surface area contributed by atoms with E-state index in [2.05, 4.69) is 4.90 Å². The van der Waals surface area contributed by atoms with Crippen LogP contribution in [0.1, 0.15) is 23.2 Å². The first-order chi connectivity index (χ1) is 9.83. The molecule has 0 unspecified atom stereocenters. The van der Waals surface area contributed by atoms with Gasteiger partial charge in [0, 0.05) is 38.2 Å². The minimum Gasteiger partial charge on any atom is -0.381 e. The lowest BCUT2D eigenvalue weighted by molar-refractivity contribution is 0.0760. The Hall–Kier alpha value is -0.910. The van der Waals surface area contributed by atoms with Gasteiger partial charge in [-0.05, 0) is 36.8 Å². The molecular weight excluding hydrogens is 272 g/mol. The number of hydrogen-bond donors (Lipinski definition) is 0. The summed E-state index contributed by atoms with van der Waals surface area (Å²) < 4.78 is 5.45. The molecule has 0 radical (unpaired) electrons. The fraction of sp³-hybridized carbons (Fsp3) is 0.667. The Morgan fingerprint density at radius 2 is 2.30 bits per heavy atom. The maximum Gasteiger partial charge on any atom is 0.254 e. The molecule has 4 nitrogen and oxygen atoms in total. The predicted octanol–water partition coefficient (Wildman–Crippen LogP) is 1.93. The highest BCUT2D eigenvalue weighted by atomic mass is 32.1. The van der Waals surface area contributed by atoms with Gasteiger partial charge in [0.15, 0.2) is 0 Å². The van der Waals surface area contributed by atoms with E-state index in [0.717, 1.165) is 57.9 Å². The smallest absolute Gasteiger partial charge is 0.254 e. The van der Waals surface area contributed by atoms with E-state index in [0.29, 0.717) is 5.92 Å². The Morgan fingerprint density at radius 3 is 3.05 bits per heavy atom. The molecule has 5 heteroatoms.